The third-order valence-corrected chi connectivity index (χ3v) is 3.82. The molecule has 1 aliphatic heterocycles. The van der Waals surface area contributed by atoms with Crippen molar-refractivity contribution < 1.29 is 22.4 Å². The van der Waals surface area contributed by atoms with Crippen LogP contribution in [-0.2, 0) is 6.18 Å². The molecule has 0 bridgehead atoms. The number of carbonyl (C=O) groups is 1. The first-order valence-corrected chi connectivity index (χ1v) is 6.47. The van der Waals surface area contributed by atoms with Gasteiger partial charge in [-0.3, -0.25) is 4.79 Å². The predicted octanol–water partition coefficient (Wildman–Crippen LogP) is 3.56. The van der Waals surface area contributed by atoms with Crippen LogP contribution in [0.2, 0.25) is 0 Å². The van der Waals surface area contributed by atoms with Gasteiger partial charge in [-0.05, 0) is 37.9 Å². The highest BCUT2D eigenvalue weighted by molar-refractivity contribution is 6.03. The zero-order chi connectivity index (χ0) is 15.0. The molecule has 1 N–H and O–H groups in total. The maximum Gasteiger partial charge on any atom is 0.419 e. The molecule has 0 aromatic heterocycles. The number of hydrogen-bond acceptors (Lipinski definition) is 2. The molecule has 2 nitrogen and oxygen atoms in total. The number of nitrogens with one attached hydrogen (secondary N) is 1. The summed E-state index contributed by atoms with van der Waals surface area (Å²) < 4.78 is 51.0. The van der Waals surface area contributed by atoms with E-state index in [4.69, 9.17) is 0 Å². The average molecular weight is 289 g/mol. The molecule has 1 aromatic carbocycles. The molecule has 0 saturated carbocycles. The summed E-state index contributed by atoms with van der Waals surface area (Å²) in [5, 5.41) is 3.09. The van der Waals surface area contributed by atoms with E-state index in [9.17, 15) is 22.4 Å². The van der Waals surface area contributed by atoms with E-state index < -0.39 is 23.1 Å². The molecule has 1 aromatic rings. The van der Waals surface area contributed by atoms with Crippen LogP contribution in [0.1, 0.15) is 42.1 Å². The van der Waals surface area contributed by atoms with Crippen LogP contribution in [0.15, 0.2) is 18.2 Å². The first-order valence-electron chi connectivity index (χ1n) is 6.47. The van der Waals surface area contributed by atoms with Crippen molar-refractivity contribution in [2.75, 3.05) is 6.54 Å². The fraction of sp³-hybridized carbons (Fsp3) is 0.500. The van der Waals surface area contributed by atoms with Crippen LogP contribution < -0.4 is 5.32 Å². The number of rotatable bonds is 3. The summed E-state index contributed by atoms with van der Waals surface area (Å²) in [6.45, 7) is 2.51. The number of carbonyl (C=O) groups excluding carboxylic acids is 1. The average Bonchev–Trinajstić information content (AvgIpc) is 2.86. The largest absolute Gasteiger partial charge is 0.419 e. The summed E-state index contributed by atoms with van der Waals surface area (Å²) in [5.41, 5.74) is -2.14. The Labute approximate surface area is 114 Å². The smallest absolute Gasteiger partial charge is 0.305 e. The van der Waals surface area contributed by atoms with E-state index in [1.54, 1.807) is 0 Å². The molecule has 6 heteroatoms. The molecule has 0 radical (unpaired) electrons. The summed E-state index contributed by atoms with van der Waals surface area (Å²) in [6, 6.07) is 2.36. The summed E-state index contributed by atoms with van der Waals surface area (Å²) in [5.74, 6) is -1.75. The third kappa shape index (κ3) is 2.57. The number of alkyl halides is 3. The quantitative estimate of drug-likeness (QED) is 0.681. The highest BCUT2D eigenvalue weighted by Gasteiger charge is 2.40. The molecule has 20 heavy (non-hydrogen) atoms. The van der Waals surface area contributed by atoms with Crippen molar-refractivity contribution in [1.29, 1.82) is 0 Å². The minimum atomic E-state index is -4.75. The summed E-state index contributed by atoms with van der Waals surface area (Å²) in [6.07, 6.45) is -2.79. The predicted molar refractivity (Wildman–Crippen MR) is 66.0 cm³/mol. The molecule has 1 aliphatic rings. The summed E-state index contributed by atoms with van der Waals surface area (Å²) >= 11 is 0. The van der Waals surface area contributed by atoms with Gasteiger partial charge in [0.05, 0.1) is 11.1 Å². The number of hydrogen-bond donors (Lipinski definition) is 1. The molecule has 0 spiro atoms. The van der Waals surface area contributed by atoms with Crippen molar-refractivity contribution in [1.82, 2.24) is 5.32 Å². The molecular weight excluding hydrogens is 274 g/mol. The van der Waals surface area contributed by atoms with E-state index >= 15 is 0 Å². The lowest BCUT2D eigenvalue weighted by atomic mass is 9.85. The molecule has 1 saturated heterocycles. The molecule has 1 unspecified atom stereocenters. The highest BCUT2D eigenvalue weighted by Crippen LogP contribution is 2.33. The van der Waals surface area contributed by atoms with Crippen LogP contribution in [0.3, 0.4) is 0 Å². The van der Waals surface area contributed by atoms with Gasteiger partial charge in [-0.2, -0.15) is 13.2 Å². The van der Waals surface area contributed by atoms with Crippen LogP contribution in [0.25, 0.3) is 0 Å². The van der Waals surface area contributed by atoms with Crippen LogP contribution >= 0.6 is 0 Å². The molecule has 0 amide bonds. The Balaban J connectivity index is 2.35. The van der Waals surface area contributed by atoms with Crippen LogP contribution in [-0.4, -0.2) is 17.9 Å². The van der Waals surface area contributed by atoms with Crippen molar-refractivity contribution in [3.05, 3.63) is 35.1 Å². The first kappa shape index (κ1) is 15.0. The monoisotopic (exact) mass is 289 g/mol. The van der Waals surface area contributed by atoms with E-state index in [-0.39, 0.29) is 11.3 Å². The minimum absolute atomic E-state index is 0.0215. The standard InChI is InChI=1S/C14H15F4NO/c1-2-13(6-3-7-19-13)12(20)9-4-5-10(11(15)8-9)14(16,17)18/h4-5,8,19H,2-3,6-7H2,1H3. The molecule has 1 fully saturated rings. The fourth-order valence-electron chi connectivity index (χ4n) is 2.62. The maximum absolute atomic E-state index is 13.5. The Bertz CT molecular complexity index is 518. The van der Waals surface area contributed by atoms with E-state index in [1.165, 1.54) is 0 Å². The zero-order valence-electron chi connectivity index (χ0n) is 11.0. The van der Waals surface area contributed by atoms with Gasteiger partial charge in [0.2, 0.25) is 0 Å². The second kappa shape index (κ2) is 5.16. The molecular formula is C14H15F4NO. The second-order valence-corrected chi connectivity index (χ2v) is 4.99. The topological polar surface area (TPSA) is 29.1 Å². The minimum Gasteiger partial charge on any atom is -0.305 e. The SMILES string of the molecule is CCC1(C(=O)c2ccc(C(F)(F)F)c(F)c2)CCCN1. The second-order valence-electron chi connectivity index (χ2n) is 4.99. The van der Waals surface area contributed by atoms with Gasteiger partial charge in [-0.25, -0.2) is 4.39 Å². The van der Waals surface area contributed by atoms with E-state index in [2.05, 4.69) is 5.32 Å². The van der Waals surface area contributed by atoms with Crippen molar-refractivity contribution in [2.45, 2.75) is 37.9 Å². The van der Waals surface area contributed by atoms with Crippen molar-refractivity contribution in [3.63, 3.8) is 0 Å². The number of halogens is 4. The van der Waals surface area contributed by atoms with Gasteiger partial charge in [0, 0.05) is 5.56 Å². The van der Waals surface area contributed by atoms with E-state index in [1.807, 2.05) is 6.92 Å². The fourth-order valence-corrected chi connectivity index (χ4v) is 2.62. The summed E-state index contributed by atoms with van der Waals surface area (Å²) in [4.78, 5) is 12.4. The third-order valence-electron chi connectivity index (χ3n) is 3.82. The molecule has 2 rings (SSSR count). The van der Waals surface area contributed by atoms with E-state index in [0.29, 0.717) is 31.5 Å². The lowest BCUT2D eigenvalue weighted by molar-refractivity contribution is -0.140. The molecule has 1 heterocycles. The van der Waals surface area contributed by atoms with E-state index in [0.717, 1.165) is 12.5 Å². The molecule has 1 atom stereocenters. The molecule has 0 aliphatic carbocycles. The van der Waals surface area contributed by atoms with Crippen molar-refractivity contribution in [3.8, 4) is 0 Å². The van der Waals surface area contributed by atoms with Crippen LogP contribution in [0.4, 0.5) is 17.6 Å². The highest BCUT2D eigenvalue weighted by atomic mass is 19.4. The summed E-state index contributed by atoms with van der Waals surface area (Å²) in [7, 11) is 0. The Morgan fingerprint density at radius 1 is 1.40 bits per heavy atom. The number of ketones is 1. The van der Waals surface area contributed by atoms with Gasteiger partial charge >= 0.3 is 6.18 Å². The van der Waals surface area contributed by atoms with Gasteiger partial charge < -0.3 is 5.32 Å². The molecule has 110 valence electrons. The lowest BCUT2D eigenvalue weighted by Crippen LogP contribution is -2.47. The Hall–Kier alpha value is -1.43. The number of benzene rings is 1. The normalized spacial score (nSPS) is 23.1. The van der Waals surface area contributed by atoms with Gasteiger partial charge in [-0.1, -0.05) is 13.0 Å². The Morgan fingerprint density at radius 3 is 2.55 bits per heavy atom. The lowest BCUT2D eigenvalue weighted by Gasteiger charge is -2.26. The van der Waals surface area contributed by atoms with Crippen LogP contribution in [0.5, 0.6) is 0 Å². The zero-order valence-corrected chi connectivity index (χ0v) is 11.0. The van der Waals surface area contributed by atoms with Crippen molar-refractivity contribution >= 4 is 5.78 Å². The first-order chi connectivity index (χ1) is 9.30. The van der Waals surface area contributed by atoms with Gasteiger partial charge in [0.1, 0.15) is 5.82 Å². The van der Waals surface area contributed by atoms with Gasteiger partial charge in [0.15, 0.2) is 5.78 Å². The van der Waals surface area contributed by atoms with Gasteiger partial charge in [-0.15, -0.1) is 0 Å². The maximum atomic E-state index is 13.5. The Morgan fingerprint density at radius 2 is 2.10 bits per heavy atom. The Kier molecular flexibility index (Phi) is 3.86. The number of Topliss-reactive ketones (excluding diaryl/α,β-unsaturated/α-hetero) is 1. The van der Waals surface area contributed by atoms with Crippen molar-refractivity contribution in [2.24, 2.45) is 0 Å². The van der Waals surface area contributed by atoms with Crippen LogP contribution in [0, 0.1) is 5.82 Å². The van der Waals surface area contributed by atoms with Gasteiger partial charge in [0.25, 0.3) is 0 Å².